The molecule has 2 aromatic carbocycles. The summed E-state index contributed by atoms with van der Waals surface area (Å²) in [6.45, 7) is -1.08. The first-order valence-corrected chi connectivity index (χ1v) is 12.9. The summed E-state index contributed by atoms with van der Waals surface area (Å²) in [5.41, 5.74) is 2.22. The second-order valence-corrected chi connectivity index (χ2v) is 9.76. The van der Waals surface area contributed by atoms with E-state index < -0.39 is 18.4 Å². The van der Waals surface area contributed by atoms with Crippen LogP contribution in [0.1, 0.15) is 51.9 Å². The Bertz CT molecular complexity index is 1630. The highest BCUT2D eigenvalue weighted by molar-refractivity contribution is 5.95. The molecule has 2 aromatic heterocycles. The summed E-state index contributed by atoms with van der Waals surface area (Å²) >= 11 is 0. The van der Waals surface area contributed by atoms with Gasteiger partial charge in [0.2, 0.25) is 0 Å². The lowest BCUT2D eigenvalue weighted by Gasteiger charge is -2.31. The van der Waals surface area contributed by atoms with Crippen LogP contribution in [0.25, 0.3) is 11.0 Å². The van der Waals surface area contributed by atoms with E-state index in [1.807, 2.05) is 24.3 Å². The van der Waals surface area contributed by atoms with E-state index in [-0.39, 0.29) is 40.7 Å². The number of ether oxygens (including phenoxy) is 2. The van der Waals surface area contributed by atoms with Gasteiger partial charge in [0.05, 0.1) is 35.0 Å². The van der Waals surface area contributed by atoms with Crippen molar-refractivity contribution in [3.8, 4) is 17.6 Å². The van der Waals surface area contributed by atoms with Crippen molar-refractivity contribution in [1.82, 2.24) is 19.4 Å². The topological polar surface area (TPSA) is 114 Å². The van der Waals surface area contributed by atoms with Gasteiger partial charge in [-0.3, -0.25) is 9.88 Å². The lowest BCUT2D eigenvalue weighted by molar-refractivity contribution is -0.0489. The van der Waals surface area contributed by atoms with E-state index >= 15 is 0 Å². The molecular weight excluding hydrogens is 539 g/mol. The SMILES string of the molecule is Cn1c(CN2CCC(c3cccc(COc4ccc(C#N)cc4F)n3)CC2)nc2c(OC(F)F)cc(C(=O)O)cc21. The number of alkyl halides is 2. The number of aryl methyl sites for hydroxylation is 1. The first kappa shape index (κ1) is 27.9. The van der Waals surface area contributed by atoms with Crippen molar-refractivity contribution in [3.63, 3.8) is 0 Å². The molecule has 212 valence electrons. The highest BCUT2D eigenvalue weighted by Gasteiger charge is 2.25. The number of carbonyl (C=O) groups is 1. The Morgan fingerprint density at radius 3 is 2.61 bits per heavy atom. The summed E-state index contributed by atoms with van der Waals surface area (Å²) in [6.07, 6.45) is 1.66. The molecule has 0 radical (unpaired) electrons. The van der Waals surface area contributed by atoms with Crippen molar-refractivity contribution < 1.29 is 32.5 Å². The van der Waals surface area contributed by atoms with Crippen molar-refractivity contribution in [3.05, 3.63) is 82.7 Å². The summed E-state index contributed by atoms with van der Waals surface area (Å²) < 4.78 is 52.0. The predicted octanol–water partition coefficient (Wildman–Crippen LogP) is 5.24. The summed E-state index contributed by atoms with van der Waals surface area (Å²) in [5.74, 6) is -1.25. The molecule has 0 bridgehead atoms. The normalized spacial score (nSPS) is 14.3. The Labute approximate surface area is 233 Å². The molecular formula is C29H26F3N5O4. The van der Waals surface area contributed by atoms with Crippen molar-refractivity contribution in [2.45, 2.75) is 38.5 Å². The third-order valence-electron chi connectivity index (χ3n) is 7.14. The van der Waals surface area contributed by atoms with Crippen LogP contribution < -0.4 is 9.47 Å². The average molecular weight is 566 g/mol. The number of imidazole rings is 1. The zero-order valence-electron chi connectivity index (χ0n) is 22.1. The Morgan fingerprint density at radius 1 is 1.15 bits per heavy atom. The van der Waals surface area contributed by atoms with Crippen LogP contribution in [0.4, 0.5) is 13.2 Å². The molecule has 1 fully saturated rings. The molecule has 41 heavy (non-hydrogen) atoms. The third kappa shape index (κ3) is 6.25. The minimum Gasteiger partial charge on any atom is -0.484 e. The number of hydrogen-bond acceptors (Lipinski definition) is 7. The molecule has 0 unspecified atom stereocenters. The number of aromatic carboxylic acids is 1. The Balaban J connectivity index is 1.23. The van der Waals surface area contributed by atoms with Gasteiger partial charge in [0, 0.05) is 18.7 Å². The van der Waals surface area contributed by atoms with Gasteiger partial charge in [-0.1, -0.05) is 6.07 Å². The minimum atomic E-state index is -3.11. The number of nitrogens with zero attached hydrogens (tertiary/aromatic N) is 5. The summed E-state index contributed by atoms with van der Waals surface area (Å²) in [5, 5.41) is 18.3. The third-order valence-corrected chi connectivity index (χ3v) is 7.14. The lowest BCUT2D eigenvalue weighted by atomic mass is 9.93. The molecule has 9 nitrogen and oxygen atoms in total. The fraction of sp³-hybridized carbons (Fsp3) is 0.310. The largest absolute Gasteiger partial charge is 0.484 e. The molecule has 0 saturated carbocycles. The second kappa shape index (κ2) is 11.9. The van der Waals surface area contributed by atoms with Crippen LogP contribution in [-0.2, 0) is 20.2 Å². The number of nitriles is 1. The van der Waals surface area contributed by atoms with E-state index in [4.69, 9.17) is 15.0 Å². The molecule has 12 heteroatoms. The quantitative estimate of drug-likeness (QED) is 0.293. The monoisotopic (exact) mass is 565 g/mol. The van der Waals surface area contributed by atoms with Crippen molar-refractivity contribution >= 4 is 17.0 Å². The number of aromatic nitrogens is 3. The number of carboxylic acids is 1. The van der Waals surface area contributed by atoms with Gasteiger partial charge in [0.25, 0.3) is 0 Å². The number of fused-ring (bicyclic) bond motifs is 1. The van der Waals surface area contributed by atoms with Crippen LogP contribution in [0.5, 0.6) is 11.5 Å². The number of pyridine rings is 1. The number of piperidine rings is 1. The molecule has 1 aliphatic heterocycles. The summed E-state index contributed by atoms with van der Waals surface area (Å²) in [7, 11) is 1.72. The van der Waals surface area contributed by atoms with Gasteiger partial charge < -0.3 is 19.1 Å². The predicted molar refractivity (Wildman–Crippen MR) is 141 cm³/mol. The van der Waals surface area contributed by atoms with Crippen molar-refractivity contribution in [2.75, 3.05) is 13.1 Å². The highest BCUT2D eigenvalue weighted by Crippen LogP contribution is 2.31. The van der Waals surface area contributed by atoms with Gasteiger partial charge in [-0.25, -0.2) is 14.2 Å². The van der Waals surface area contributed by atoms with Gasteiger partial charge in [-0.05, 0) is 68.4 Å². The van der Waals surface area contributed by atoms with Crippen molar-refractivity contribution in [1.29, 1.82) is 5.26 Å². The summed E-state index contributed by atoms with van der Waals surface area (Å²) in [6, 6.07) is 14.1. The number of likely N-dealkylation sites (tertiary alicyclic amines) is 1. The molecule has 1 aliphatic rings. The van der Waals surface area contributed by atoms with Gasteiger partial charge in [0.15, 0.2) is 17.3 Å². The number of rotatable bonds is 9. The molecule has 0 aliphatic carbocycles. The van der Waals surface area contributed by atoms with Gasteiger partial charge in [-0.2, -0.15) is 14.0 Å². The standard InChI is InChI=1S/C29H26F3N5O4/c1-36-23-12-19(28(38)39)13-25(41-29(31)32)27(23)35-26(36)15-37-9-7-18(8-10-37)22-4-2-3-20(34-22)16-40-24-6-5-17(14-33)11-21(24)30/h2-6,11-13,18,29H,7-10,15-16H2,1H3,(H,38,39). The molecule has 4 aromatic rings. The maximum atomic E-state index is 14.1. The zero-order valence-corrected chi connectivity index (χ0v) is 22.1. The minimum absolute atomic E-state index is 0.0542. The molecule has 0 atom stereocenters. The first-order chi connectivity index (χ1) is 19.7. The maximum absolute atomic E-state index is 14.1. The number of hydrogen-bond donors (Lipinski definition) is 1. The molecule has 1 N–H and O–H groups in total. The van der Waals surface area contributed by atoms with Crippen LogP contribution in [0.15, 0.2) is 48.5 Å². The molecule has 5 rings (SSSR count). The van der Waals surface area contributed by atoms with E-state index in [0.29, 0.717) is 23.6 Å². The number of halogens is 3. The van der Waals surface area contributed by atoms with Crippen LogP contribution in [0, 0.1) is 17.1 Å². The van der Waals surface area contributed by atoms with E-state index in [2.05, 4.69) is 14.6 Å². The fourth-order valence-electron chi connectivity index (χ4n) is 4.99. The maximum Gasteiger partial charge on any atom is 0.387 e. The van der Waals surface area contributed by atoms with Gasteiger partial charge >= 0.3 is 12.6 Å². The van der Waals surface area contributed by atoms with E-state index in [0.717, 1.165) is 43.8 Å². The summed E-state index contributed by atoms with van der Waals surface area (Å²) in [4.78, 5) is 22.9. The van der Waals surface area contributed by atoms with Crippen LogP contribution in [-0.4, -0.2) is 50.2 Å². The molecule has 0 amide bonds. The first-order valence-electron chi connectivity index (χ1n) is 12.9. The van der Waals surface area contributed by atoms with Crippen LogP contribution in [0.3, 0.4) is 0 Å². The number of carboxylic acid groups (broad SMARTS) is 1. The van der Waals surface area contributed by atoms with Gasteiger partial charge in [-0.15, -0.1) is 0 Å². The van der Waals surface area contributed by atoms with E-state index in [1.165, 1.54) is 18.2 Å². The lowest BCUT2D eigenvalue weighted by Crippen LogP contribution is -2.33. The Morgan fingerprint density at radius 2 is 1.93 bits per heavy atom. The fourth-order valence-corrected chi connectivity index (χ4v) is 4.99. The average Bonchev–Trinajstić information content (AvgIpc) is 3.27. The highest BCUT2D eigenvalue weighted by atomic mass is 19.3. The van der Waals surface area contributed by atoms with Gasteiger partial charge in [0.1, 0.15) is 17.9 Å². The number of benzene rings is 2. The van der Waals surface area contributed by atoms with E-state index in [9.17, 15) is 23.1 Å². The Kier molecular flexibility index (Phi) is 8.07. The molecule has 1 saturated heterocycles. The smallest absolute Gasteiger partial charge is 0.387 e. The van der Waals surface area contributed by atoms with E-state index in [1.54, 1.807) is 11.6 Å². The zero-order chi connectivity index (χ0) is 29.1. The van der Waals surface area contributed by atoms with Crippen molar-refractivity contribution in [2.24, 2.45) is 7.05 Å². The van der Waals surface area contributed by atoms with Crippen LogP contribution >= 0.6 is 0 Å². The van der Waals surface area contributed by atoms with Crippen LogP contribution in [0.2, 0.25) is 0 Å². The molecule has 3 heterocycles. The Hall–Kier alpha value is -4.63. The second-order valence-electron chi connectivity index (χ2n) is 9.76. The molecule has 0 spiro atoms.